The number of benzene rings is 1. The largest absolute Gasteiger partial charge is 0.349 e. The topological polar surface area (TPSA) is 40.7 Å². The highest BCUT2D eigenvalue weighted by atomic mass is 14.9. The van der Waals surface area contributed by atoms with Crippen molar-refractivity contribution >= 4 is 0 Å². The smallest absolute Gasteiger partial charge is 0.107 e. The third kappa shape index (κ3) is 2.94. The summed E-state index contributed by atoms with van der Waals surface area (Å²) in [6.07, 6.45) is 4.54. The van der Waals surface area contributed by atoms with Gasteiger partial charge in [0.25, 0.3) is 0 Å². The molecule has 0 aliphatic rings. The fourth-order valence-corrected chi connectivity index (χ4v) is 2.20. The van der Waals surface area contributed by atoms with Gasteiger partial charge in [0, 0.05) is 24.9 Å². The van der Waals surface area contributed by atoms with Crippen LogP contribution in [0, 0.1) is 13.8 Å². The summed E-state index contributed by atoms with van der Waals surface area (Å²) in [5.41, 5.74) is 3.93. The first kappa shape index (κ1) is 11.9. The minimum Gasteiger partial charge on any atom is -0.349 e. The van der Waals surface area contributed by atoms with Crippen LogP contribution in [0.1, 0.15) is 28.6 Å². The maximum absolute atomic E-state index is 4.28. The number of aromatic amines is 1. The molecule has 0 aliphatic heterocycles. The first-order valence-electron chi connectivity index (χ1n) is 5.93. The molecule has 3 nitrogen and oxygen atoms in total. The molecule has 1 aromatic heterocycles. The van der Waals surface area contributed by atoms with Crippen molar-refractivity contribution < 1.29 is 0 Å². The van der Waals surface area contributed by atoms with Crippen LogP contribution in [0.3, 0.4) is 0 Å². The normalized spacial score (nSPS) is 12.6. The number of aryl methyl sites for hydroxylation is 2. The second-order valence-electron chi connectivity index (χ2n) is 4.50. The zero-order valence-corrected chi connectivity index (χ0v) is 10.6. The van der Waals surface area contributed by atoms with Crippen molar-refractivity contribution in [3.63, 3.8) is 0 Å². The lowest BCUT2D eigenvalue weighted by Crippen LogP contribution is -2.19. The van der Waals surface area contributed by atoms with E-state index in [0.717, 1.165) is 12.2 Å². The molecule has 0 fully saturated rings. The minimum absolute atomic E-state index is 0.305. The first-order valence-corrected chi connectivity index (χ1v) is 5.93. The lowest BCUT2D eigenvalue weighted by atomic mass is 9.99. The van der Waals surface area contributed by atoms with Gasteiger partial charge in [-0.05, 0) is 26.5 Å². The Kier molecular flexibility index (Phi) is 3.59. The van der Waals surface area contributed by atoms with Crippen molar-refractivity contribution in [2.45, 2.75) is 26.3 Å². The van der Waals surface area contributed by atoms with Crippen LogP contribution in [0.4, 0.5) is 0 Å². The van der Waals surface area contributed by atoms with Gasteiger partial charge in [0.1, 0.15) is 5.82 Å². The summed E-state index contributed by atoms with van der Waals surface area (Å²) in [6, 6.07) is 6.97. The van der Waals surface area contributed by atoms with Gasteiger partial charge in [0.05, 0.1) is 0 Å². The summed E-state index contributed by atoms with van der Waals surface area (Å²) in [5.74, 6) is 1.02. The average Bonchev–Trinajstić information content (AvgIpc) is 2.77. The van der Waals surface area contributed by atoms with E-state index in [1.165, 1.54) is 16.7 Å². The quantitative estimate of drug-likeness (QED) is 0.845. The molecule has 1 aromatic carbocycles. The molecule has 2 rings (SSSR count). The van der Waals surface area contributed by atoms with Gasteiger partial charge in [-0.3, -0.25) is 0 Å². The zero-order valence-electron chi connectivity index (χ0n) is 10.6. The molecule has 2 N–H and O–H groups in total. The van der Waals surface area contributed by atoms with E-state index in [1.54, 1.807) is 6.20 Å². The molecule has 1 heterocycles. The van der Waals surface area contributed by atoms with Crippen molar-refractivity contribution in [2.24, 2.45) is 0 Å². The molecule has 17 heavy (non-hydrogen) atoms. The molecule has 0 bridgehead atoms. The maximum atomic E-state index is 4.28. The van der Waals surface area contributed by atoms with Crippen molar-refractivity contribution in [1.29, 1.82) is 0 Å². The molecule has 90 valence electrons. The lowest BCUT2D eigenvalue weighted by molar-refractivity contribution is 0.577. The highest BCUT2D eigenvalue weighted by molar-refractivity contribution is 5.31. The predicted molar refractivity (Wildman–Crippen MR) is 70.0 cm³/mol. The van der Waals surface area contributed by atoms with Crippen LogP contribution in [0.25, 0.3) is 0 Å². The molecule has 0 spiro atoms. The summed E-state index contributed by atoms with van der Waals surface area (Å²) in [5, 5.41) is 3.35. The highest BCUT2D eigenvalue weighted by Crippen LogP contribution is 2.19. The van der Waals surface area contributed by atoms with Crippen LogP contribution in [0.2, 0.25) is 0 Å². The van der Waals surface area contributed by atoms with E-state index < -0.39 is 0 Å². The summed E-state index contributed by atoms with van der Waals surface area (Å²) < 4.78 is 0. The Morgan fingerprint density at radius 3 is 2.47 bits per heavy atom. The van der Waals surface area contributed by atoms with Crippen molar-refractivity contribution in [1.82, 2.24) is 15.3 Å². The van der Waals surface area contributed by atoms with Gasteiger partial charge in [0.15, 0.2) is 0 Å². The fourth-order valence-electron chi connectivity index (χ4n) is 2.20. The van der Waals surface area contributed by atoms with Gasteiger partial charge < -0.3 is 10.3 Å². The Hall–Kier alpha value is -1.61. The van der Waals surface area contributed by atoms with Crippen LogP contribution < -0.4 is 5.32 Å². The third-order valence-electron chi connectivity index (χ3n) is 2.95. The summed E-state index contributed by atoms with van der Waals surface area (Å²) in [4.78, 5) is 7.43. The molecule has 3 heteroatoms. The predicted octanol–water partition coefficient (Wildman–Crippen LogP) is 2.53. The molecule has 0 radical (unpaired) electrons. The van der Waals surface area contributed by atoms with E-state index in [2.05, 4.69) is 47.3 Å². The molecule has 0 saturated heterocycles. The molecular formula is C14H19N3. The molecule has 2 aromatic rings. The summed E-state index contributed by atoms with van der Waals surface area (Å²) in [6.45, 7) is 4.27. The zero-order chi connectivity index (χ0) is 12.3. The summed E-state index contributed by atoms with van der Waals surface area (Å²) in [7, 11) is 1.99. The Balaban J connectivity index is 2.22. The van der Waals surface area contributed by atoms with E-state index in [1.807, 2.05) is 13.2 Å². The second kappa shape index (κ2) is 5.15. The third-order valence-corrected chi connectivity index (χ3v) is 2.95. The van der Waals surface area contributed by atoms with Crippen molar-refractivity contribution in [3.8, 4) is 0 Å². The number of imidazole rings is 1. The molecule has 0 saturated carbocycles. The fraction of sp³-hybridized carbons (Fsp3) is 0.357. The van der Waals surface area contributed by atoms with Crippen molar-refractivity contribution in [2.75, 3.05) is 7.05 Å². The number of hydrogen-bond acceptors (Lipinski definition) is 2. The number of aromatic nitrogens is 2. The minimum atomic E-state index is 0.305. The Labute approximate surface area is 102 Å². The number of nitrogens with one attached hydrogen (secondary N) is 2. The second-order valence-corrected chi connectivity index (χ2v) is 4.50. The Morgan fingerprint density at radius 1 is 1.24 bits per heavy atom. The number of nitrogens with zero attached hydrogens (tertiary/aromatic N) is 1. The van der Waals surface area contributed by atoms with E-state index in [9.17, 15) is 0 Å². The number of H-pyrrole nitrogens is 1. The van der Waals surface area contributed by atoms with Gasteiger partial charge in [0.2, 0.25) is 0 Å². The Bertz CT molecular complexity index is 454. The van der Waals surface area contributed by atoms with Crippen LogP contribution >= 0.6 is 0 Å². The van der Waals surface area contributed by atoms with E-state index in [0.29, 0.717) is 6.04 Å². The molecule has 0 aliphatic carbocycles. The lowest BCUT2D eigenvalue weighted by Gasteiger charge is -2.16. The average molecular weight is 229 g/mol. The van der Waals surface area contributed by atoms with Crippen LogP contribution in [-0.4, -0.2) is 17.0 Å². The van der Waals surface area contributed by atoms with Crippen LogP contribution in [-0.2, 0) is 6.42 Å². The highest BCUT2D eigenvalue weighted by Gasteiger charge is 2.12. The van der Waals surface area contributed by atoms with E-state index in [4.69, 9.17) is 0 Å². The molecule has 0 amide bonds. The first-order chi connectivity index (χ1) is 8.19. The number of likely N-dealkylation sites (N-methyl/N-ethyl adjacent to an activating group) is 1. The maximum Gasteiger partial charge on any atom is 0.107 e. The van der Waals surface area contributed by atoms with Gasteiger partial charge in [-0.25, -0.2) is 4.98 Å². The van der Waals surface area contributed by atoms with Crippen LogP contribution in [0.5, 0.6) is 0 Å². The molecule has 1 unspecified atom stereocenters. The van der Waals surface area contributed by atoms with Crippen LogP contribution in [0.15, 0.2) is 30.6 Å². The van der Waals surface area contributed by atoms with Gasteiger partial charge in [-0.15, -0.1) is 0 Å². The summed E-state index contributed by atoms with van der Waals surface area (Å²) >= 11 is 0. The van der Waals surface area contributed by atoms with Crippen molar-refractivity contribution in [3.05, 3.63) is 53.1 Å². The van der Waals surface area contributed by atoms with E-state index >= 15 is 0 Å². The van der Waals surface area contributed by atoms with Gasteiger partial charge in [-0.2, -0.15) is 0 Å². The SMILES string of the molecule is CNC(Cc1ncc[nH]1)c1cc(C)cc(C)c1. The monoisotopic (exact) mass is 229 g/mol. The standard InChI is InChI=1S/C14H19N3/c1-10-6-11(2)8-12(7-10)13(15-3)9-14-16-4-5-17-14/h4-8,13,15H,9H2,1-3H3,(H,16,17). The number of rotatable bonds is 4. The van der Waals surface area contributed by atoms with Gasteiger partial charge in [-0.1, -0.05) is 29.3 Å². The molecular weight excluding hydrogens is 210 g/mol. The number of hydrogen-bond donors (Lipinski definition) is 2. The van der Waals surface area contributed by atoms with Gasteiger partial charge >= 0.3 is 0 Å². The Morgan fingerprint density at radius 2 is 1.94 bits per heavy atom. The van der Waals surface area contributed by atoms with E-state index in [-0.39, 0.29) is 0 Å². The molecule has 1 atom stereocenters.